The predicted molar refractivity (Wildman–Crippen MR) is 123 cm³/mol. The van der Waals surface area contributed by atoms with E-state index in [0.717, 1.165) is 29.2 Å². The van der Waals surface area contributed by atoms with Crippen molar-refractivity contribution in [1.29, 1.82) is 0 Å². The van der Waals surface area contributed by atoms with Crippen molar-refractivity contribution >= 4 is 27.3 Å². The molecule has 2 atom stereocenters. The Hall–Kier alpha value is -3.11. The smallest absolute Gasteiger partial charge is 0.257 e. The SMILES string of the molecule is O=C(c1cc(F)ccc1F)N1CCC[C@]2(S(=O)(=O)c3ccc(Cl)cc3)c3c(F)ccc(F)c3OC[C@H]12. The van der Waals surface area contributed by atoms with E-state index in [2.05, 4.69) is 0 Å². The van der Waals surface area contributed by atoms with E-state index in [-0.39, 0.29) is 29.3 Å². The van der Waals surface area contributed by atoms with Gasteiger partial charge in [-0.25, -0.2) is 26.0 Å². The van der Waals surface area contributed by atoms with E-state index in [4.69, 9.17) is 16.3 Å². The number of hydrogen-bond donors (Lipinski definition) is 0. The summed E-state index contributed by atoms with van der Waals surface area (Å²) in [5, 5.41) is 0.259. The lowest BCUT2D eigenvalue weighted by molar-refractivity contribution is 0.0315. The zero-order chi connectivity index (χ0) is 25.8. The molecule has 1 amide bonds. The van der Waals surface area contributed by atoms with E-state index in [1.54, 1.807) is 0 Å². The molecule has 2 aliphatic heterocycles. The Morgan fingerprint density at radius 2 is 1.64 bits per heavy atom. The van der Waals surface area contributed by atoms with Gasteiger partial charge < -0.3 is 9.64 Å². The van der Waals surface area contributed by atoms with Crippen molar-refractivity contribution in [2.75, 3.05) is 13.2 Å². The van der Waals surface area contributed by atoms with Crippen molar-refractivity contribution in [3.05, 3.63) is 94.0 Å². The van der Waals surface area contributed by atoms with E-state index >= 15 is 4.39 Å². The van der Waals surface area contributed by atoms with E-state index in [1.807, 2.05) is 0 Å². The number of carbonyl (C=O) groups excluding carboxylic acids is 1. The van der Waals surface area contributed by atoms with Crippen LogP contribution in [0.1, 0.15) is 28.8 Å². The molecule has 5 nitrogen and oxygen atoms in total. The highest BCUT2D eigenvalue weighted by molar-refractivity contribution is 7.92. The van der Waals surface area contributed by atoms with Crippen molar-refractivity contribution in [2.45, 2.75) is 28.5 Å². The number of piperidine rings is 1. The molecule has 0 aromatic heterocycles. The number of amides is 1. The Balaban J connectivity index is 1.76. The molecule has 0 spiro atoms. The van der Waals surface area contributed by atoms with Crippen LogP contribution in [0.15, 0.2) is 59.5 Å². The van der Waals surface area contributed by atoms with Crippen LogP contribution in [-0.4, -0.2) is 38.4 Å². The van der Waals surface area contributed by atoms with Crippen LogP contribution in [0.5, 0.6) is 5.75 Å². The van der Waals surface area contributed by atoms with Crippen LogP contribution in [0.3, 0.4) is 0 Å². The van der Waals surface area contributed by atoms with Gasteiger partial charge in [-0.1, -0.05) is 11.6 Å². The highest BCUT2D eigenvalue weighted by Gasteiger charge is 2.61. The molecule has 1 saturated heterocycles. The van der Waals surface area contributed by atoms with Crippen LogP contribution < -0.4 is 4.74 Å². The fourth-order valence-corrected chi connectivity index (χ4v) is 7.63. The van der Waals surface area contributed by atoms with Crippen molar-refractivity contribution in [3.8, 4) is 5.75 Å². The first-order valence-electron chi connectivity index (χ1n) is 11.0. The van der Waals surface area contributed by atoms with Gasteiger partial charge in [-0.15, -0.1) is 0 Å². The Labute approximate surface area is 209 Å². The Bertz CT molecular complexity index is 1480. The summed E-state index contributed by atoms with van der Waals surface area (Å²) in [5.74, 6) is -5.41. The molecule has 0 aliphatic carbocycles. The van der Waals surface area contributed by atoms with Crippen LogP contribution in [0.4, 0.5) is 17.6 Å². The number of sulfone groups is 1. The number of likely N-dealkylation sites (tertiary alicyclic amines) is 1. The standard InChI is InChI=1S/C25H18ClF4NO4S/c26-14-2-5-16(6-3-14)36(33,34)25-10-1-11-31(24(32)17-12-15(27)4-7-18(17)28)21(25)13-35-23-20(30)9-8-19(29)22(23)25/h2-9,12,21H,1,10-11,13H2/t21-,25+/m0/s1. The number of halogens is 5. The summed E-state index contributed by atoms with van der Waals surface area (Å²) in [7, 11) is -4.53. The highest BCUT2D eigenvalue weighted by atomic mass is 35.5. The van der Waals surface area contributed by atoms with Gasteiger partial charge >= 0.3 is 0 Å². The van der Waals surface area contributed by atoms with Crippen LogP contribution in [0.2, 0.25) is 5.02 Å². The normalized spacial score (nSPS) is 21.4. The first kappa shape index (κ1) is 24.6. The number of ether oxygens (including phenoxy) is 1. The molecule has 1 fully saturated rings. The Kier molecular flexibility index (Phi) is 5.99. The molecular weight excluding hydrogens is 522 g/mol. The van der Waals surface area contributed by atoms with Crippen molar-refractivity contribution in [1.82, 2.24) is 4.90 Å². The molecule has 3 aromatic rings. The summed E-state index contributed by atoms with van der Waals surface area (Å²) < 4.78 is 90.3. The molecule has 2 aliphatic rings. The summed E-state index contributed by atoms with van der Waals surface area (Å²) in [4.78, 5) is 14.2. The van der Waals surface area contributed by atoms with E-state index in [9.17, 15) is 26.4 Å². The third-order valence-electron chi connectivity index (χ3n) is 6.75. The second kappa shape index (κ2) is 8.77. The second-order valence-electron chi connectivity index (χ2n) is 8.63. The molecule has 0 N–H and O–H groups in total. The van der Waals surface area contributed by atoms with Gasteiger partial charge in [0, 0.05) is 11.6 Å². The Morgan fingerprint density at radius 1 is 0.972 bits per heavy atom. The lowest BCUT2D eigenvalue weighted by atomic mass is 9.80. The minimum atomic E-state index is -4.53. The van der Waals surface area contributed by atoms with Crippen LogP contribution in [-0.2, 0) is 14.6 Å². The van der Waals surface area contributed by atoms with Gasteiger partial charge in [0.05, 0.1) is 22.1 Å². The quantitative estimate of drug-likeness (QED) is 0.426. The minimum Gasteiger partial charge on any atom is -0.488 e. The number of carbonyl (C=O) groups is 1. The molecule has 188 valence electrons. The van der Waals surface area contributed by atoms with Gasteiger partial charge in [0.2, 0.25) is 0 Å². The van der Waals surface area contributed by atoms with Gasteiger partial charge in [-0.05, 0) is 67.4 Å². The Morgan fingerprint density at radius 3 is 2.36 bits per heavy atom. The number of benzene rings is 3. The topological polar surface area (TPSA) is 63.7 Å². The number of fused-ring (bicyclic) bond motifs is 3. The lowest BCUT2D eigenvalue weighted by Crippen LogP contribution is -2.64. The summed E-state index contributed by atoms with van der Waals surface area (Å²) in [6.07, 6.45) is -0.115. The summed E-state index contributed by atoms with van der Waals surface area (Å²) in [6, 6.07) is 7.75. The number of rotatable bonds is 3. The molecule has 0 saturated carbocycles. The zero-order valence-corrected chi connectivity index (χ0v) is 20.1. The van der Waals surface area contributed by atoms with Crippen molar-refractivity contribution in [2.24, 2.45) is 0 Å². The molecular formula is C25H18ClF4NO4S. The maximum absolute atomic E-state index is 15.4. The summed E-state index contributed by atoms with van der Waals surface area (Å²) >= 11 is 5.93. The third kappa shape index (κ3) is 3.57. The molecule has 11 heteroatoms. The highest BCUT2D eigenvalue weighted by Crippen LogP contribution is 2.53. The molecule has 2 heterocycles. The molecule has 0 radical (unpaired) electrons. The molecule has 5 rings (SSSR count). The lowest BCUT2D eigenvalue weighted by Gasteiger charge is -2.51. The molecule has 3 aromatic carbocycles. The van der Waals surface area contributed by atoms with Crippen LogP contribution in [0, 0.1) is 23.3 Å². The van der Waals surface area contributed by atoms with E-state index < -0.39 is 73.3 Å². The first-order chi connectivity index (χ1) is 17.1. The summed E-state index contributed by atoms with van der Waals surface area (Å²) in [5.41, 5.74) is -1.15. The maximum Gasteiger partial charge on any atom is 0.257 e. The second-order valence-corrected chi connectivity index (χ2v) is 11.3. The van der Waals surface area contributed by atoms with Gasteiger partial charge in [0.15, 0.2) is 21.4 Å². The third-order valence-corrected chi connectivity index (χ3v) is 9.54. The van der Waals surface area contributed by atoms with Gasteiger partial charge in [-0.3, -0.25) is 4.79 Å². The fourth-order valence-electron chi connectivity index (χ4n) is 5.16. The number of nitrogens with zero attached hydrogens (tertiary/aromatic N) is 1. The molecule has 36 heavy (non-hydrogen) atoms. The monoisotopic (exact) mass is 539 g/mol. The van der Waals surface area contributed by atoms with Crippen molar-refractivity contribution in [3.63, 3.8) is 0 Å². The average Bonchev–Trinajstić information content (AvgIpc) is 2.86. The minimum absolute atomic E-state index is 0.0348. The van der Waals surface area contributed by atoms with E-state index in [0.29, 0.717) is 6.07 Å². The van der Waals surface area contributed by atoms with Gasteiger partial charge in [0.1, 0.15) is 28.8 Å². The first-order valence-corrected chi connectivity index (χ1v) is 12.8. The van der Waals surface area contributed by atoms with E-state index in [1.165, 1.54) is 24.3 Å². The molecule has 0 unspecified atom stereocenters. The van der Waals surface area contributed by atoms with Crippen molar-refractivity contribution < 1.29 is 35.5 Å². The van der Waals surface area contributed by atoms with Crippen LogP contribution >= 0.6 is 11.6 Å². The zero-order valence-electron chi connectivity index (χ0n) is 18.5. The largest absolute Gasteiger partial charge is 0.488 e. The van der Waals surface area contributed by atoms with Gasteiger partial charge in [-0.2, -0.15) is 0 Å². The summed E-state index contributed by atoms with van der Waals surface area (Å²) in [6.45, 7) is -0.546. The predicted octanol–water partition coefficient (Wildman–Crippen LogP) is 5.26. The number of hydrogen-bond acceptors (Lipinski definition) is 4. The van der Waals surface area contributed by atoms with Gasteiger partial charge in [0.25, 0.3) is 5.91 Å². The average molecular weight is 540 g/mol. The fraction of sp³-hybridized carbons (Fsp3) is 0.240. The maximum atomic E-state index is 15.4. The van der Waals surface area contributed by atoms with Crippen LogP contribution in [0.25, 0.3) is 0 Å². The molecule has 0 bridgehead atoms.